The summed E-state index contributed by atoms with van der Waals surface area (Å²) < 4.78 is 14.3. The lowest BCUT2D eigenvalue weighted by Gasteiger charge is -2.33. The highest BCUT2D eigenvalue weighted by Gasteiger charge is 2.30. The summed E-state index contributed by atoms with van der Waals surface area (Å²) >= 11 is 0. The zero-order valence-electron chi connectivity index (χ0n) is 20.5. The second kappa shape index (κ2) is 10.5. The van der Waals surface area contributed by atoms with Crippen molar-refractivity contribution in [2.24, 2.45) is 17.6 Å². The molecule has 4 nitrogen and oxygen atoms in total. The average Bonchev–Trinajstić information content (AvgIpc) is 2.76. The third-order valence-corrected chi connectivity index (χ3v) is 7.12. The smallest absolute Gasteiger partial charge is 0.179 e. The Bertz CT molecular complexity index is 1010. The summed E-state index contributed by atoms with van der Waals surface area (Å²) in [5, 5.41) is 3.25. The molecule has 2 heterocycles. The summed E-state index contributed by atoms with van der Waals surface area (Å²) in [5.41, 5.74) is 11.7. The maximum absolute atomic E-state index is 14.3. The number of rotatable bonds is 4. The number of allylic oxidation sites excluding steroid dienone is 3. The van der Waals surface area contributed by atoms with Crippen molar-refractivity contribution in [1.29, 1.82) is 0 Å². The summed E-state index contributed by atoms with van der Waals surface area (Å²) in [6.07, 6.45) is 5.23. The first-order valence-electron chi connectivity index (χ1n) is 11.9. The Labute approximate surface area is 198 Å². The molecule has 3 atom stereocenters. The first-order valence-corrected chi connectivity index (χ1v) is 11.9. The number of fused-ring (bicyclic) bond motifs is 1. The van der Waals surface area contributed by atoms with Crippen molar-refractivity contribution < 1.29 is 9.18 Å². The van der Waals surface area contributed by atoms with Crippen LogP contribution in [0.4, 0.5) is 4.39 Å². The van der Waals surface area contributed by atoms with Gasteiger partial charge in [-0.1, -0.05) is 39.1 Å². The van der Waals surface area contributed by atoms with Gasteiger partial charge in [0.1, 0.15) is 5.82 Å². The monoisotopic (exact) mass is 451 g/mol. The first kappa shape index (κ1) is 25.0. The van der Waals surface area contributed by atoms with Gasteiger partial charge in [-0.05, 0) is 67.7 Å². The second-order valence-corrected chi connectivity index (χ2v) is 9.84. The molecule has 2 aliphatic heterocycles. The molecule has 1 aromatic carbocycles. The average molecular weight is 452 g/mol. The van der Waals surface area contributed by atoms with E-state index in [1.54, 1.807) is 6.07 Å². The number of halogens is 1. The Morgan fingerprint density at radius 3 is 2.70 bits per heavy atom. The van der Waals surface area contributed by atoms with Crippen molar-refractivity contribution in [3.8, 4) is 0 Å². The highest BCUT2D eigenvalue weighted by atomic mass is 19.1. The topological polar surface area (TPSA) is 58.4 Å². The summed E-state index contributed by atoms with van der Waals surface area (Å²) in [5.74, 6) is 0.588. The molecular weight excluding hydrogens is 413 g/mol. The summed E-state index contributed by atoms with van der Waals surface area (Å²) in [4.78, 5) is 15.4. The van der Waals surface area contributed by atoms with Gasteiger partial charge in [0, 0.05) is 48.6 Å². The van der Waals surface area contributed by atoms with Crippen LogP contribution in [0.5, 0.6) is 0 Å². The predicted octanol–water partition coefficient (Wildman–Crippen LogP) is 5.51. The lowest BCUT2D eigenvalue weighted by Crippen LogP contribution is -2.31. The quantitative estimate of drug-likeness (QED) is 0.634. The second-order valence-electron chi connectivity index (χ2n) is 9.84. The van der Waals surface area contributed by atoms with Crippen LogP contribution in [0.15, 0.2) is 65.7 Å². The molecule has 0 radical (unpaired) electrons. The number of nitrogens with two attached hydrogens (primary N) is 1. The van der Waals surface area contributed by atoms with Gasteiger partial charge >= 0.3 is 0 Å². The molecule has 0 saturated carbocycles. The minimum Gasteiger partial charge on any atom is -0.381 e. The number of benzene rings is 1. The number of carbonyl (C=O) groups excluding carboxylic acids is 1. The predicted molar refractivity (Wildman–Crippen MR) is 134 cm³/mol. The molecule has 0 aromatic heterocycles. The number of hydrogen-bond acceptors (Lipinski definition) is 4. The Morgan fingerprint density at radius 1 is 1.27 bits per heavy atom. The number of hydrogen-bond donors (Lipinski definition) is 2. The van der Waals surface area contributed by atoms with E-state index >= 15 is 0 Å². The molecular formula is C28H38FN3O. The van der Waals surface area contributed by atoms with Crippen molar-refractivity contribution in [3.05, 3.63) is 82.6 Å². The van der Waals surface area contributed by atoms with Crippen LogP contribution in [0.3, 0.4) is 0 Å². The molecule has 3 unspecified atom stereocenters. The molecule has 1 aromatic rings. The minimum absolute atomic E-state index is 0.147. The molecule has 0 bridgehead atoms. The Hall–Kier alpha value is -2.66. The summed E-state index contributed by atoms with van der Waals surface area (Å²) in [7, 11) is 0. The van der Waals surface area contributed by atoms with E-state index in [0.717, 1.165) is 47.2 Å². The van der Waals surface area contributed by atoms with Gasteiger partial charge in [-0.15, -0.1) is 0 Å². The van der Waals surface area contributed by atoms with Crippen molar-refractivity contribution in [1.82, 2.24) is 10.2 Å². The zero-order chi connectivity index (χ0) is 24.3. The van der Waals surface area contributed by atoms with Crippen LogP contribution in [0.1, 0.15) is 57.6 Å². The van der Waals surface area contributed by atoms with Crippen molar-refractivity contribution in [3.63, 3.8) is 0 Å². The van der Waals surface area contributed by atoms with E-state index in [9.17, 15) is 9.18 Å². The standard InChI is InChI=1S/C28H38FN3O/c1-17-9-10-23(26(29)12-17)15-31-22(6)25-16-32-11-7-8-24(30)13-18(2)19(3)14-27(33)28(32)21(5)20(25)4/h9-10,12,16,18-19,24,31H,4,6-8,11,13-15,30H2,1-3,5H3. The maximum atomic E-state index is 14.3. The minimum atomic E-state index is -0.234. The fraction of sp³-hybridized carbons (Fsp3) is 0.464. The van der Waals surface area contributed by atoms with Gasteiger partial charge in [0.15, 0.2) is 5.78 Å². The van der Waals surface area contributed by atoms with E-state index in [1.807, 2.05) is 26.1 Å². The number of nitrogens with zero attached hydrogens (tertiary/aromatic N) is 1. The van der Waals surface area contributed by atoms with Gasteiger partial charge in [-0.3, -0.25) is 4.79 Å². The largest absolute Gasteiger partial charge is 0.381 e. The summed E-state index contributed by atoms with van der Waals surface area (Å²) in [6, 6.07) is 5.36. The molecule has 178 valence electrons. The lowest BCUT2D eigenvalue weighted by molar-refractivity contribution is -0.118. The fourth-order valence-corrected chi connectivity index (χ4v) is 4.70. The van der Waals surface area contributed by atoms with E-state index in [0.29, 0.717) is 36.7 Å². The Kier molecular flexibility index (Phi) is 7.96. The number of ketones is 1. The molecule has 2 aliphatic rings. The molecule has 33 heavy (non-hydrogen) atoms. The highest BCUT2D eigenvalue weighted by Crippen LogP contribution is 2.35. The molecule has 3 N–H and O–H groups in total. The molecule has 0 amide bonds. The van der Waals surface area contributed by atoms with Gasteiger partial charge < -0.3 is 16.0 Å². The Morgan fingerprint density at radius 2 is 2.00 bits per heavy atom. The number of nitrogens with one attached hydrogen (secondary N) is 1. The van der Waals surface area contributed by atoms with Crippen LogP contribution in [0, 0.1) is 24.6 Å². The molecule has 3 rings (SSSR count). The van der Waals surface area contributed by atoms with Crippen molar-refractivity contribution in [2.75, 3.05) is 6.54 Å². The number of aryl methyl sites for hydroxylation is 1. The molecule has 0 aliphatic carbocycles. The van der Waals surface area contributed by atoms with Gasteiger partial charge in [0.25, 0.3) is 0 Å². The summed E-state index contributed by atoms with van der Waals surface area (Å²) in [6.45, 7) is 17.7. The first-order chi connectivity index (χ1) is 15.6. The zero-order valence-corrected chi connectivity index (χ0v) is 20.5. The number of carbonyl (C=O) groups is 1. The van der Waals surface area contributed by atoms with Crippen LogP contribution in [-0.2, 0) is 11.3 Å². The van der Waals surface area contributed by atoms with E-state index in [4.69, 9.17) is 5.73 Å². The molecule has 1 saturated heterocycles. The Balaban J connectivity index is 1.83. The highest BCUT2D eigenvalue weighted by molar-refractivity contribution is 5.97. The van der Waals surface area contributed by atoms with Gasteiger partial charge in [0.2, 0.25) is 0 Å². The van der Waals surface area contributed by atoms with E-state index in [-0.39, 0.29) is 23.6 Å². The van der Waals surface area contributed by atoms with E-state index in [2.05, 4.69) is 37.2 Å². The van der Waals surface area contributed by atoms with Gasteiger partial charge in [0.05, 0.1) is 5.70 Å². The normalized spacial score (nSPS) is 24.7. The van der Waals surface area contributed by atoms with E-state index < -0.39 is 0 Å². The van der Waals surface area contributed by atoms with Crippen LogP contribution < -0.4 is 11.1 Å². The molecule has 5 heteroatoms. The molecule has 1 fully saturated rings. The molecule has 0 spiro atoms. The van der Waals surface area contributed by atoms with Crippen molar-refractivity contribution >= 4 is 5.78 Å². The van der Waals surface area contributed by atoms with Crippen LogP contribution >= 0.6 is 0 Å². The van der Waals surface area contributed by atoms with Gasteiger partial charge in [-0.25, -0.2) is 4.39 Å². The maximum Gasteiger partial charge on any atom is 0.179 e. The van der Waals surface area contributed by atoms with Crippen LogP contribution in [-0.4, -0.2) is 23.3 Å². The lowest BCUT2D eigenvalue weighted by atomic mass is 9.84. The number of Topliss-reactive ketones (excluding diaryl/α,β-unsaturated/α-hetero) is 1. The fourth-order valence-electron chi connectivity index (χ4n) is 4.70. The van der Waals surface area contributed by atoms with Gasteiger partial charge in [-0.2, -0.15) is 0 Å². The SMILES string of the molecule is C=C(NCc1ccc(C)cc1F)C1=CN2CCCC(N)CC(C)C(C)CC(=O)C2=C(C)C1=C. The third-order valence-electron chi connectivity index (χ3n) is 7.12. The van der Waals surface area contributed by atoms with E-state index in [1.165, 1.54) is 6.07 Å². The van der Waals surface area contributed by atoms with Crippen molar-refractivity contribution in [2.45, 2.75) is 66.0 Å². The van der Waals surface area contributed by atoms with Crippen LogP contribution in [0.25, 0.3) is 0 Å². The van der Waals surface area contributed by atoms with Crippen LogP contribution in [0.2, 0.25) is 0 Å². The third kappa shape index (κ3) is 5.83.